The zero-order valence-electron chi connectivity index (χ0n) is 13.1. The number of benzene rings is 1. The maximum Gasteiger partial charge on any atom is 0.241 e. The lowest BCUT2D eigenvalue weighted by Crippen LogP contribution is -2.54. The van der Waals surface area contributed by atoms with Crippen molar-refractivity contribution < 1.29 is 4.79 Å². The lowest BCUT2D eigenvalue weighted by Gasteiger charge is -2.41. The van der Waals surface area contributed by atoms with Crippen molar-refractivity contribution in [3.63, 3.8) is 0 Å². The van der Waals surface area contributed by atoms with E-state index in [0.29, 0.717) is 6.54 Å². The molecule has 21 heavy (non-hydrogen) atoms. The van der Waals surface area contributed by atoms with E-state index in [1.807, 2.05) is 30.3 Å². The summed E-state index contributed by atoms with van der Waals surface area (Å²) in [5, 5.41) is 3.01. The van der Waals surface area contributed by atoms with E-state index >= 15 is 0 Å². The number of piperidine rings is 1. The van der Waals surface area contributed by atoms with Crippen molar-refractivity contribution in [2.45, 2.75) is 44.7 Å². The van der Waals surface area contributed by atoms with Crippen molar-refractivity contribution in [1.29, 1.82) is 0 Å². The molecular formula is C17H27N3O. The lowest BCUT2D eigenvalue weighted by atomic mass is 9.98. The predicted molar refractivity (Wildman–Crippen MR) is 85.9 cm³/mol. The standard InChI is InChI=1S/C17H27N3O/c1-17(2,20-11-7-4-8-12-20)13-19-16(21)15(18)14-9-5-3-6-10-14/h3,5-6,9-10,15H,4,7-8,11-13,18H2,1-2H3,(H,19,21)/t15-/m0/s1. The topological polar surface area (TPSA) is 58.4 Å². The van der Waals surface area contributed by atoms with E-state index in [-0.39, 0.29) is 11.4 Å². The smallest absolute Gasteiger partial charge is 0.241 e. The summed E-state index contributed by atoms with van der Waals surface area (Å²) in [6.07, 6.45) is 3.82. The van der Waals surface area contributed by atoms with Gasteiger partial charge in [-0.05, 0) is 45.3 Å². The molecule has 2 rings (SSSR count). The number of hydrogen-bond acceptors (Lipinski definition) is 3. The molecule has 0 aromatic heterocycles. The number of nitrogens with two attached hydrogens (primary N) is 1. The SMILES string of the molecule is CC(C)(CNC(=O)[C@@H](N)c1ccccc1)N1CCCCC1. The fourth-order valence-electron chi connectivity index (χ4n) is 2.84. The first-order chi connectivity index (χ1) is 10.0. The molecule has 1 aliphatic rings. The van der Waals surface area contributed by atoms with Crippen LogP contribution in [0.3, 0.4) is 0 Å². The second-order valence-electron chi connectivity index (χ2n) is 6.47. The van der Waals surface area contributed by atoms with Gasteiger partial charge in [-0.1, -0.05) is 36.8 Å². The first-order valence-electron chi connectivity index (χ1n) is 7.84. The van der Waals surface area contributed by atoms with Gasteiger partial charge in [-0.2, -0.15) is 0 Å². The second-order valence-corrected chi connectivity index (χ2v) is 6.47. The minimum Gasteiger partial charge on any atom is -0.353 e. The number of nitrogens with zero attached hydrogens (tertiary/aromatic N) is 1. The van der Waals surface area contributed by atoms with Gasteiger partial charge in [0.25, 0.3) is 0 Å². The number of carbonyl (C=O) groups excluding carboxylic acids is 1. The molecule has 1 saturated heterocycles. The van der Waals surface area contributed by atoms with E-state index in [4.69, 9.17) is 5.73 Å². The van der Waals surface area contributed by atoms with Gasteiger partial charge in [0, 0.05) is 12.1 Å². The first-order valence-corrected chi connectivity index (χ1v) is 7.84. The van der Waals surface area contributed by atoms with Crippen molar-refractivity contribution in [2.75, 3.05) is 19.6 Å². The predicted octanol–water partition coefficient (Wildman–Crippen LogP) is 2.07. The van der Waals surface area contributed by atoms with Crippen molar-refractivity contribution >= 4 is 5.91 Å². The van der Waals surface area contributed by atoms with Crippen LogP contribution in [0.5, 0.6) is 0 Å². The summed E-state index contributed by atoms with van der Waals surface area (Å²) < 4.78 is 0. The minimum atomic E-state index is -0.594. The molecule has 1 fully saturated rings. The van der Waals surface area contributed by atoms with E-state index in [0.717, 1.165) is 18.7 Å². The van der Waals surface area contributed by atoms with Crippen molar-refractivity contribution in [3.8, 4) is 0 Å². The van der Waals surface area contributed by atoms with Gasteiger partial charge in [-0.3, -0.25) is 9.69 Å². The number of likely N-dealkylation sites (tertiary alicyclic amines) is 1. The van der Waals surface area contributed by atoms with Gasteiger partial charge >= 0.3 is 0 Å². The van der Waals surface area contributed by atoms with E-state index in [1.165, 1.54) is 19.3 Å². The largest absolute Gasteiger partial charge is 0.353 e. The molecule has 4 nitrogen and oxygen atoms in total. The molecule has 3 N–H and O–H groups in total. The number of carbonyl (C=O) groups is 1. The molecule has 116 valence electrons. The van der Waals surface area contributed by atoms with Crippen LogP contribution in [-0.4, -0.2) is 36.0 Å². The van der Waals surface area contributed by atoms with Crippen molar-refractivity contribution in [1.82, 2.24) is 10.2 Å². The van der Waals surface area contributed by atoms with Gasteiger partial charge < -0.3 is 11.1 Å². The highest BCUT2D eigenvalue weighted by Crippen LogP contribution is 2.20. The highest BCUT2D eigenvalue weighted by atomic mass is 16.2. The third kappa shape index (κ3) is 4.29. The Morgan fingerprint density at radius 3 is 2.48 bits per heavy atom. The summed E-state index contributed by atoms with van der Waals surface area (Å²) in [7, 11) is 0. The molecule has 0 unspecified atom stereocenters. The number of amides is 1. The van der Waals surface area contributed by atoms with E-state index in [9.17, 15) is 4.79 Å². The Balaban J connectivity index is 1.88. The van der Waals surface area contributed by atoms with Gasteiger partial charge in [-0.15, -0.1) is 0 Å². The molecule has 0 spiro atoms. The molecule has 0 bridgehead atoms. The van der Waals surface area contributed by atoms with Crippen LogP contribution < -0.4 is 11.1 Å². The molecule has 1 aliphatic heterocycles. The number of hydrogen-bond donors (Lipinski definition) is 2. The van der Waals surface area contributed by atoms with Gasteiger partial charge in [-0.25, -0.2) is 0 Å². The molecular weight excluding hydrogens is 262 g/mol. The average Bonchev–Trinajstić information content (AvgIpc) is 2.53. The monoisotopic (exact) mass is 289 g/mol. The Bertz CT molecular complexity index is 452. The maximum absolute atomic E-state index is 12.2. The summed E-state index contributed by atoms with van der Waals surface area (Å²) in [6.45, 7) is 7.24. The van der Waals surface area contributed by atoms with Gasteiger partial charge in [0.1, 0.15) is 6.04 Å². The van der Waals surface area contributed by atoms with Gasteiger partial charge in [0.2, 0.25) is 5.91 Å². The van der Waals surface area contributed by atoms with Crippen molar-refractivity contribution in [3.05, 3.63) is 35.9 Å². The second kappa shape index (κ2) is 7.05. The summed E-state index contributed by atoms with van der Waals surface area (Å²) in [5.74, 6) is -0.105. The highest BCUT2D eigenvalue weighted by Gasteiger charge is 2.29. The number of nitrogens with one attached hydrogen (secondary N) is 1. The quantitative estimate of drug-likeness (QED) is 0.872. The molecule has 0 aliphatic carbocycles. The third-order valence-electron chi connectivity index (χ3n) is 4.35. The molecule has 4 heteroatoms. The molecule has 1 aromatic rings. The Morgan fingerprint density at radius 2 is 1.86 bits per heavy atom. The van der Waals surface area contributed by atoms with Crippen LogP contribution >= 0.6 is 0 Å². The molecule has 1 aromatic carbocycles. The van der Waals surface area contributed by atoms with E-state index in [1.54, 1.807) is 0 Å². The summed E-state index contributed by atoms with van der Waals surface area (Å²) in [6, 6.07) is 8.91. The molecule has 1 atom stereocenters. The normalized spacial score (nSPS) is 18.2. The zero-order chi connectivity index (χ0) is 15.3. The van der Waals surface area contributed by atoms with E-state index < -0.39 is 6.04 Å². The zero-order valence-corrected chi connectivity index (χ0v) is 13.1. The lowest BCUT2D eigenvalue weighted by molar-refractivity contribution is -0.123. The Hall–Kier alpha value is -1.39. The summed E-state index contributed by atoms with van der Waals surface area (Å²) in [5.41, 5.74) is 6.85. The van der Waals surface area contributed by atoms with Crippen LogP contribution in [0.15, 0.2) is 30.3 Å². The van der Waals surface area contributed by atoms with Crippen LogP contribution in [0.1, 0.15) is 44.7 Å². The fraction of sp³-hybridized carbons (Fsp3) is 0.588. The molecule has 0 radical (unpaired) electrons. The Morgan fingerprint density at radius 1 is 1.24 bits per heavy atom. The van der Waals surface area contributed by atoms with E-state index in [2.05, 4.69) is 24.1 Å². The molecule has 0 saturated carbocycles. The molecule has 1 amide bonds. The van der Waals surface area contributed by atoms with Crippen LogP contribution in [-0.2, 0) is 4.79 Å². The summed E-state index contributed by atoms with van der Waals surface area (Å²) in [4.78, 5) is 14.7. The van der Waals surface area contributed by atoms with Crippen LogP contribution in [0.2, 0.25) is 0 Å². The average molecular weight is 289 g/mol. The molecule has 1 heterocycles. The van der Waals surface area contributed by atoms with Gasteiger partial charge in [0.05, 0.1) is 0 Å². The number of rotatable bonds is 5. The fourth-order valence-corrected chi connectivity index (χ4v) is 2.84. The van der Waals surface area contributed by atoms with Crippen molar-refractivity contribution in [2.24, 2.45) is 5.73 Å². The third-order valence-corrected chi connectivity index (χ3v) is 4.35. The first kappa shape index (κ1) is 16.0. The minimum absolute atomic E-state index is 0.0213. The Labute approximate surface area is 127 Å². The maximum atomic E-state index is 12.2. The highest BCUT2D eigenvalue weighted by molar-refractivity contribution is 5.82. The van der Waals surface area contributed by atoms with Crippen LogP contribution in [0, 0.1) is 0 Å². The van der Waals surface area contributed by atoms with Gasteiger partial charge in [0.15, 0.2) is 0 Å². The summed E-state index contributed by atoms with van der Waals surface area (Å²) >= 11 is 0. The Kier molecular flexibility index (Phi) is 5.37. The van der Waals surface area contributed by atoms with Crippen LogP contribution in [0.25, 0.3) is 0 Å². The van der Waals surface area contributed by atoms with Crippen LogP contribution in [0.4, 0.5) is 0 Å².